The fourth-order valence-corrected chi connectivity index (χ4v) is 2.54. The number of carbonyl (C=O) groups is 3. The molecular weight excluding hydrogens is 395 g/mol. The van der Waals surface area contributed by atoms with Crippen molar-refractivity contribution in [1.29, 1.82) is 5.41 Å². The number of hydrogen-bond donors (Lipinski definition) is 4. The van der Waals surface area contributed by atoms with Crippen LogP contribution in [-0.2, 0) is 16.1 Å². The Kier molecular flexibility index (Phi) is 7.08. The van der Waals surface area contributed by atoms with Gasteiger partial charge in [-0.3, -0.25) is 19.8 Å². The van der Waals surface area contributed by atoms with Gasteiger partial charge in [-0.25, -0.2) is 4.39 Å². The number of esters is 1. The van der Waals surface area contributed by atoms with E-state index in [0.29, 0.717) is 11.1 Å². The van der Waals surface area contributed by atoms with Crippen LogP contribution >= 0.6 is 0 Å². The van der Waals surface area contributed by atoms with Gasteiger partial charge in [0.05, 0.1) is 5.56 Å². The van der Waals surface area contributed by atoms with Crippen molar-refractivity contribution in [1.82, 2.24) is 5.32 Å². The molecule has 0 spiro atoms. The first-order valence-corrected chi connectivity index (χ1v) is 8.73. The summed E-state index contributed by atoms with van der Waals surface area (Å²) in [7, 11) is 0. The van der Waals surface area contributed by atoms with Crippen molar-refractivity contribution in [3.05, 3.63) is 58.4 Å². The molecule has 0 radical (unpaired) electrons. The smallest absolute Gasteiger partial charge is 0.308 e. The molecule has 0 saturated heterocycles. The molecule has 0 atom stereocenters. The van der Waals surface area contributed by atoms with Crippen LogP contribution in [0.1, 0.15) is 34.0 Å². The second-order valence-corrected chi connectivity index (χ2v) is 6.37. The first-order valence-electron chi connectivity index (χ1n) is 8.73. The molecule has 2 aromatic rings. The minimum Gasteiger partial charge on any atom is -0.483 e. The van der Waals surface area contributed by atoms with Crippen molar-refractivity contribution in [3.63, 3.8) is 0 Å². The average molecular weight is 416 g/mol. The summed E-state index contributed by atoms with van der Waals surface area (Å²) >= 11 is 0. The topological polar surface area (TPSA) is 158 Å². The zero-order chi connectivity index (χ0) is 22.4. The van der Waals surface area contributed by atoms with Crippen molar-refractivity contribution in [2.45, 2.75) is 20.4 Å². The number of ether oxygens (including phenoxy) is 2. The number of halogens is 1. The Hall–Kier alpha value is -3.95. The number of nitrogens with two attached hydrogens (primary N) is 2. The minimum atomic E-state index is -0.736. The van der Waals surface area contributed by atoms with Crippen molar-refractivity contribution >= 4 is 23.6 Å². The van der Waals surface area contributed by atoms with E-state index in [2.05, 4.69) is 5.32 Å². The van der Waals surface area contributed by atoms with E-state index in [1.54, 1.807) is 0 Å². The summed E-state index contributed by atoms with van der Waals surface area (Å²) in [6.07, 6.45) is 0. The predicted molar refractivity (Wildman–Crippen MR) is 106 cm³/mol. The molecule has 10 heteroatoms. The summed E-state index contributed by atoms with van der Waals surface area (Å²) in [5.41, 5.74) is 11.6. The quantitative estimate of drug-likeness (QED) is 0.219. The number of nitrogens with one attached hydrogen (secondary N) is 2. The van der Waals surface area contributed by atoms with E-state index in [9.17, 15) is 18.8 Å². The lowest BCUT2D eigenvalue weighted by molar-refractivity contribution is -0.131. The van der Waals surface area contributed by atoms with E-state index < -0.39 is 36.0 Å². The molecule has 0 fully saturated rings. The molecule has 6 N–H and O–H groups in total. The Bertz CT molecular complexity index is 1020. The Morgan fingerprint density at radius 3 is 2.40 bits per heavy atom. The number of benzene rings is 2. The predicted octanol–water partition coefficient (Wildman–Crippen LogP) is 1.14. The Morgan fingerprint density at radius 2 is 1.83 bits per heavy atom. The molecule has 2 rings (SSSR count). The highest BCUT2D eigenvalue weighted by Gasteiger charge is 2.17. The number of carbonyl (C=O) groups excluding carboxylic acids is 3. The molecule has 0 saturated carbocycles. The first-order chi connectivity index (χ1) is 14.1. The molecule has 9 nitrogen and oxygen atoms in total. The molecule has 2 aromatic carbocycles. The number of nitrogen functional groups attached to an aromatic ring is 1. The maximum Gasteiger partial charge on any atom is 0.308 e. The van der Waals surface area contributed by atoms with Crippen LogP contribution in [0, 0.1) is 18.2 Å². The van der Waals surface area contributed by atoms with Gasteiger partial charge in [0.1, 0.15) is 23.2 Å². The van der Waals surface area contributed by atoms with Crippen LogP contribution in [0.2, 0.25) is 0 Å². The first kappa shape index (κ1) is 22.3. The molecule has 0 bridgehead atoms. The van der Waals surface area contributed by atoms with Crippen molar-refractivity contribution in [2.75, 3.05) is 6.61 Å². The molecule has 0 heterocycles. The molecule has 30 heavy (non-hydrogen) atoms. The van der Waals surface area contributed by atoms with Gasteiger partial charge in [-0.1, -0.05) is 0 Å². The molecule has 2 amide bonds. The van der Waals surface area contributed by atoms with Gasteiger partial charge in [-0.15, -0.1) is 0 Å². The van der Waals surface area contributed by atoms with Crippen LogP contribution in [0.3, 0.4) is 0 Å². The van der Waals surface area contributed by atoms with Gasteiger partial charge in [0.15, 0.2) is 6.61 Å². The summed E-state index contributed by atoms with van der Waals surface area (Å²) in [5, 5.41) is 10.3. The molecular formula is C20H21FN4O5. The summed E-state index contributed by atoms with van der Waals surface area (Å²) < 4.78 is 23.9. The van der Waals surface area contributed by atoms with Crippen LogP contribution in [0.25, 0.3) is 0 Å². The normalized spacial score (nSPS) is 10.2. The molecule has 0 unspecified atom stereocenters. The molecule has 0 aromatic heterocycles. The van der Waals surface area contributed by atoms with Crippen molar-refractivity contribution < 1.29 is 28.2 Å². The fourth-order valence-electron chi connectivity index (χ4n) is 2.54. The van der Waals surface area contributed by atoms with Gasteiger partial charge < -0.3 is 26.3 Å². The second-order valence-electron chi connectivity index (χ2n) is 6.37. The van der Waals surface area contributed by atoms with Gasteiger partial charge in [0.2, 0.25) is 0 Å². The van der Waals surface area contributed by atoms with E-state index in [-0.39, 0.29) is 29.2 Å². The summed E-state index contributed by atoms with van der Waals surface area (Å²) in [6, 6.07) is 6.60. The summed E-state index contributed by atoms with van der Waals surface area (Å²) in [5.74, 6) is -2.58. The minimum absolute atomic E-state index is 0.0108. The van der Waals surface area contributed by atoms with E-state index >= 15 is 0 Å². The van der Waals surface area contributed by atoms with Crippen LogP contribution in [0.15, 0.2) is 30.3 Å². The van der Waals surface area contributed by atoms with Gasteiger partial charge >= 0.3 is 5.97 Å². The van der Waals surface area contributed by atoms with Gasteiger partial charge in [-0.05, 0) is 42.8 Å². The highest BCUT2D eigenvalue weighted by atomic mass is 19.1. The highest BCUT2D eigenvalue weighted by Crippen LogP contribution is 2.29. The van der Waals surface area contributed by atoms with Gasteiger partial charge in [0.25, 0.3) is 11.8 Å². The largest absolute Gasteiger partial charge is 0.483 e. The zero-order valence-electron chi connectivity index (χ0n) is 16.4. The number of amides is 2. The third kappa shape index (κ3) is 5.77. The lowest BCUT2D eigenvalue weighted by Crippen LogP contribution is -2.25. The number of amidine groups is 1. The lowest BCUT2D eigenvalue weighted by atomic mass is 10.1. The van der Waals surface area contributed by atoms with E-state index in [4.69, 9.17) is 26.4 Å². The third-order valence-corrected chi connectivity index (χ3v) is 3.94. The SMILES string of the molecule is CC(=O)Oc1cc(CNC(=O)c2ccc(F)c(C)c2)c(OCC(N)=O)cc1C(=N)N. The molecule has 158 valence electrons. The summed E-state index contributed by atoms with van der Waals surface area (Å²) in [6.45, 7) is 2.17. The standard InChI is InChI=1S/C20H21FN4O5/c1-10-5-12(3-4-15(10)21)20(28)25-8-13-6-17(30-11(2)26)14(19(23)24)7-16(13)29-9-18(22)27/h3-7H,8-9H2,1-2H3,(H2,22,27)(H3,23,24)(H,25,28). The van der Waals surface area contributed by atoms with Gasteiger partial charge in [0, 0.05) is 24.6 Å². The Morgan fingerprint density at radius 1 is 1.13 bits per heavy atom. The maximum atomic E-state index is 13.4. The maximum absolute atomic E-state index is 13.4. The lowest BCUT2D eigenvalue weighted by Gasteiger charge is -2.16. The van der Waals surface area contributed by atoms with Crippen LogP contribution in [0.5, 0.6) is 11.5 Å². The monoisotopic (exact) mass is 416 g/mol. The van der Waals surface area contributed by atoms with Gasteiger partial charge in [-0.2, -0.15) is 0 Å². The van der Waals surface area contributed by atoms with Crippen LogP contribution in [-0.4, -0.2) is 30.2 Å². The summed E-state index contributed by atoms with van der Waals surface area (Å²) in [4.78, 5) is 34.9. The van der Waals surface area contributed by atoms with E-state index in [1.807, 2.05) is 0 Å². The number of hydrogen-bond acceptors (Lipinski definition) is 6. The molecule has 0 aliphatic heterocycles. The number of primary amides is 1. The van der Waals surface area contributed by atoms with Crippen molar-refractivity contribution in [3.8, 4) is 11.5 Å². The Labute approximate surface area is 171 Å². The third-order valence-electron chi connectivity index (χ3n) is 3.94. The number of aryl methyl sites for hydroxylation is 1. The van der Waals surface area contributed by atoms with E-state index in [1.165, 1.54) is 44.2 Å². The highest BCUT2D eigenvalue weighted by molar-refractivity contribution is 5.99. The Balaban J connectivity index is 2.35. The van der Waals surface area contributed by atoms with Crippen LogP contribution in [0.4, 0.5) is 4.39 Å². The molecule has 0 aliphatic rings. The number of rotatable bonds is 8. The van der Waals surface area contributed by atoms with Crippen LogP contribution < -0.4 is 26.3 Å². The second kappa shape index (κ2) is 9.50. The van der Waals surface area contributed by atoms with Crippen molar-refractivity contribution in [2.24, 2.45) is 11.5 Å². The average Bonchev–Trinajstić information content (AvgIpc) is 2.66. The van der Waals surface area contributed by atoms with E-state index in [0.717, 1.165) is 0 Å². The fraction of sp³-hybridized carbons (Fsp3) is 0.200. The molecule has 0 aliphatic carbocycles. The zero-order valence-corrected chi connectivity index (χ0v) is 16.4.